The lowest BCUT2D eigenvalue weighted by molar-refractivity contribution is 1.18. The van der Waals surface area contributed by atoms with Crippen LogP contribution in [0.15, 0.2) is 224 Å². The molecule has 0 saturated heterocycles. The van der Waals surface area contributed by atoms with Crippen molar-refractivity contribution in [1.29, 1.82) is 0 Å². The Bertz CT molecular complexity index is 2810. The molecule has 3 heteroatoms. The van der Waals surface area contributed by atoms with E-state index in [1.165, 1.54) is 43.7 Å². The number of hydrogen-bond acceptors (Lipinski definition) is 2. The lowest BCUT2D eigenvalue weighted by Gasteiger charge is -2.29. The molecule has 1 heterocycles. The first kappa shape index (κ1) is 32.3. The summed E-state index contributed by atoms with van der Waals surface area (Å²) in [5.74, 6) is 0. The maximum Gasteiger partial charge on any atom is 0.0541 e. The third kappa shape index (κ3) is 5.89. The van der Waals surface area contributed by atoms with Gasteiger partial charge in [-0.3, -0.25) is 0 Å². The Morgan fingerprint density at radius 3 is 1.36 bits per heavy atom. The molecule has 10 rings (SSSR count). The van der Waals surface area contributed by atoms with Gasteiger partial charge in [0, 0.05) is 50.3 Å². The number of fused-ring (bicyclic) bond motifs is 4. The Kier molecular flexibility index (Phi) is 8.16. The summed E-state index contributed by atoms with van der Waals surface area (Å²) in [5, 5.41) is 4.94. The Morgan fingerprint density at radius 2 is 0.745 bits per heavy atom. The molecule has 0 aliphatic carbocycles. The van der Waals surface area contributed by atoms with E-state index in [2.05, 4.69) is 239 Å². The van der Waals surface area contributed by atoms with Gasteiger partial charge in [0.2, 0.25) is 0 Å². The van der Waals surface area contributed by atoms with Crippen LogP contribution in [0, 0.1) is 0 Å². The first-order valence-electron chi connectivity index (χ1n) is 18.8. The van der Waals surface area contributed by atoms with Crippen molar-refractivity contribution in [1.82, 2.24) is 4.57 Å². The summed E-state index contributed by atoms with van der Waals surface area (Å²) < 4.78 is 2.38. The van der Waals surface area contributed by atoms with Crippen molar-refractivity contribution in [3.8, 4) is 16.8 Å². The molecule has 9 aromatic carbocycles. The Morgan fingerprint density at radius 1 is 0.291 bits per heavy atom. The second-order valence-electron chi connectivity index (χ2n) is 13.8. The predicted molar refractivity (Wildman–Crippen MR) is 233 cm³/mol. The van der Waals surface area contributed by atoms with Crippen LogP contribution in [0.2, 0.25) is 0 Å². The lowest BCUT2D eigenvalue weighted by atomic mass is 10.0. The summed E-state index contributed by atoms with van der Waals surface area (Å²) in [7, 11) is 0. The fourth-order valence-electron chi connectivity index (χ4n) is 8.01. The zero-order chi connectivity index (χ0) is 36.6. The largest absolute Gasteiger partial charge is 0.311 e. The summed E-state index contributed by atoms with van der Waals surface area (Å²) in [6, 6.07) is 80.5. The fourth-order valence-corrected chi connectivity index (χ4v) is 8.01. The van der Waals surface area contributed by atoms with Gasteiger partial charge in [0.25, 0.3) is 0 Å². The first-order chi connectivity index (χ1) is 27.3. The molecule has 0 aliphatic rings. The third-order valence-corrected chi connectivity index (χ3v) is 10.5. The topological polar surface area (TPSA) is 11.4 Å². The van der Waals surface area contributed by atoms with E-state index in [-0.39, 0.29) is 0 Å². The highest BCUT2D eigenvalue weighted by Gasteiger charge is 2.18. The van der Waals surface area contributed by atoms with Gasteiger partial charge >= 0.3 is 0 Å². The molecule has 0 saturated carbocycles. The molecule has 0 amide bonds. The minimum atomic E-state index is 1.09. The van der Waals surface area contributed by atoms with Crippen LogP contribution in [-0.4, -0.2) is 4.57 Å². The molecule has 0 spiro atoms. The van der Waals surface area contributed by atoms with Crippen LogP contribution in [0.5, 0.6) is 0 Å². The van der Waals surface area contributed by atoms with Crippen molar-refractivity contribution in [3.63, 3.8) is 0 Å². The van der Waals surface area contributed by atoms with Gasteiger partial charge < -0.3 is 14.4 Å². The number of nitrogens with zero attached hydrogens (tertiary/aromatic N) is 3. The van der Waals surface area contributed by atoms with Gasteiger partial charge in [-0.2, -0.15) is 0 Å². The molecule has 0 fully saturated rings. The van der Waals surface area contributed by atoms with Gasteiger partial charge in [0.05, 0.1) is 16.7 Å². The number of hydrogen-bond donors (Lipinski definition) is 0. The highest BCUT2D eigenvalue weighted by Crippen LogP contribution is 2.42. The molecular formula is C52H37N3. The van der Waals surface area contributed by atoms with Crippen LogP contribution in [0.1, 0.15) is 0 Å². The van der Waals surface area contributed by atoms with E-state index in [1.807, 2.05) is 0 Å². The zero-order valence-corrected chi connectivity index (χ0v) is 30.2. The zero-order valence-electron chi connectivity index (χ0n) is 30.2. The molecule has 1 aromatic heterocycles. The maximum atomic E-state index is 2.38. The number of para-hydroxylation sites is 4. The van der Waals surface area contributed by atoms with Crippen molar-refractivity contribution < 1.29 is 0 Å². The fraction of sp³-hybridized carbons (Fsp3) is 0. The average molecular weight is 704 g/mol. The molecule has 260 valence electrons. The second-order valence-corrected chi connectivity index (χ2v) is 13.8. The molecule has 55 heavy (non-hydrogen) atoms. The van der Waals surface area contributed by atoms with Crippen molar-refractivity contribution in [2.45, 2.75) is 0 Å². The maximum absolute atomic E-state index is 2.38. The molecule has 3 nitrogen and oxygen atoms in total. The van der Waals surface area contributed by atoms with E-state index in [0.717, 1.165) is 39.8 Å². The molecule has 0 radical (unpaired) electrons. The quantitative estimate of drug-likeness (QED) is 0.156. The van der Waals surface area contributed by atoms with Crippen LogP contribution in [0.3, 0.4) is 0 Å². The van der Waals surface area contributed by atoms with Crippen LogP contribution in [0.4, 0.5) is 34.1 Å². The van der Waals surface area contributed by atoms with E-state index >= 15 is 0 Å². The molecule has 0 atom stereocenters. The standard InChI is InChI=1S/C52H37N3/c1-3-18-41(19-4-1)53(42-20-5-2-6-21-42)43-33-35-45(36-34-43)54(50-28-14-16-39-15-7-8-23-47(39)50)44-31-29-38(30-32-44)40-17-13-22-46(37-40)55-51-26-11-9-24-48(51)49-25-10-12-27-52(49)55/h1-37H. The summed E-state index contributed by atoms with van der Waals surface area (Å²) in [5.41, 5.74) is 12.6. The van der Waals surface area contributed by atoms with E-state index in [9.17, 15) is 0 Å². The predicted octanol–water partition coefficient (Wildman–Crippen LogP) is 14.5. The molecule has 0 aliphatic heterocycles. The summed E-state index contributed by atoms with van der Waals surface area (Å²) in [6.45, 7) is 0. The average Bonchev–Trinajstić information content (AvgIpc) is 3.60. The molecule has 10 aromatic rings. The summed E-state index contributed by atoms with van der Waals surface area (Å²) in [6.07, 6.45) is 0. The van der Waals surface area contributed by atoms with Crippen molar-refractivity contribution in [2.24, 2.45) is 0 Å². The smallest absolute Gasteiger partial charge is 0.0541 e. The van der Waals surface area contributed by atoms with E-state index in [0.29, 0.717) is 0 Å². The van der Waals surface area contributed by atoms with Crippen molar-refractivity contribution in [3.05, 3.63) is 224 Å². The lowest BCUT2D eigenvalue weighted by Crippen LogP contribution is -2.12. The molecule has 0 bridgehead atoms. The first-order valence-corrected chi connectivity index (χ1v) is 18.8. The third-order valence-electron chi connectivity index (χ3n) is 10.5. The van der Waals surface area contributed by atoms with E-state index < -0.39 is 0 Å². The van der Waals surface area contributed by atoms with Crippen LogP contribution in [0.25, 0.3) is 49.4 Å². The minimum Gasteiger partial charge on any atom is -0.311 e. The van der Waals surface area contributed by atoms with Gasteiger partial charge in [-0.05, 0) is 108 Å². The van der Waals surface area contributed by atoms with Gasteiger partial charge in [-0.1, -0.05) is 133 Å². The monoisotopic (exact) mass is 703 g/mol. The van der Waals surface area contributed by atoms with Crippen LogP contribution >= 0.6 is 0 Å². The summed E-state index contributed by atoms with van der Waals surface area (Å²) in [4.78, 5) is 4.67. The van der Waals surface area contributed by atoms with E-state index in [4.69, 9.17) is 0 Å². The molecular weight excluding hydrogens is 667 g/mol. The normalized spacial score (nSPS) is 11.3. The summed E-state index contributed by atoms with van der Waals surface area (Å²) >= 11 is 0. The number of anilines is 6. The molecule has 0 N–H and O–H groups in total. The number of aromatic nitrogens is 1. The molecule has 0 unspecified atom stereocenters. The van der Waals surface area contributed by atoms with Gasteiger partial charge in [-0.25, -0.2) is 0 Å². The highest BCUT2D eigenvalue weighted by molar-refractivity contribution is 6.09. The Labute approximate surface area is 321 Å². The Hall–Kier alpha value is -7.36. The SMILES string of the molecule is c1ccc(N(c2ccccc2)c2ccc(N(c3ccc(-c4cccc(-n5c6ccccc6c6ccccc65)c4)cc3)c3cccc4ccccc34)cc2)cc1. The highest BCUT2D eigenvalue weighted by atomic mass is 15.2. The van der Waals surface area contributed by atoms with Crippen molar-refractivity contribution >= 4 is 66.7 Å². The van der Waals surface area contributed by atoms with Gasteiger partial charge in [0.15, 0.2) is 0 Å². The van der Waals surface area contributed by atoms with Gasteiger partial charge in [-0.15, -0.1) is 0 Å². The van der Waals surface area contributed by atoms with Crippen LogP contribution in [-0.2, 0) is 0 Å². The van der Waals surface area contributed by atoms with E-state index in [1.54, 1.807) is 0 Å². The minimum absolute atomic E-state index is 1.09. The number of rotatable bonds is 8. The van der Waals surface area contributed by atoms with Gasteiger partial charge in [0.1, 0.15) is 0 Å². The number of benzene rings is 9. The van der Waals surface area contributed by atoms with Crippen LogP contribution < -0.4 is 9.80 Å². The second kappa shape index (κ2) is 13.9. The Balaban J connectivity index is 1.05. The van der Waals surface area contributed by atoms with Crippen molar-refractivity contribution in [2.75, 3.05) is 9.80 Å².